The van der Waals surface area contributed by atoms with Gasteiger partial charge in [-0.1, -0.05) is 82.7 Å². The number of piperazine rings is 1. The molecular formula is C47H50BrN5O4. The van der Waals surface area contributed by atoms with Gasteiger partial charge in [-0.3, -0.25) is 9.48 Å². The lowest BCUT2D eigenvalue weighted by Crippen LogP contribution is -2.48. The van der Waals surface area contributed by atoms with E-state index in [2.05, 4.69) is 63.0 Å². The minimum Gasteiger partial charge on any atom is -0.490 e. The molecular weight excluding hydrogens is 778 g/mol. The number of aryl methyl sites for hydroxylation is 1. The van der Waals surface area contributed by atoms with Gasteiger partial charge in [0.05, 0.1) is 17.2 Å². The summed E-state index contributed by atoms with van der Waals surface area (Å²) < 4.78 is 21.8. The van der Waals surface area contributed by atoms with Crippen LogP contribution in [0.1, 0.15) is 55.2 Å². The third kappa shape index (κ3) is 9.28. The number of aromatic nitrogens is 3. The number of rotatable bonds is 13. The maximum atomic E-state index is 13.3. The molecule has 1 aliphatic heterocycles. The van der Waals surface area contributed by atoms with E-state index >= 15 is 0 Å². The number of ether oxygens (including phenoxy) is 3. The summed E-state index contributed by atoms with van der Waals surface area (Å²) in [7, 11) is 1.98. The molecule has 1 saturated heterocycles. The molecule has 57 heavy (non-hydrogen) atoms. The molecule has 0 N–H and O–H groups in total. The van der Waals surface area contributed by atoms with E-state index in [1.807, 2.05) is 90.6 Å². The number of pyridine rings is 1. The summed E-state index contributed by atoms with van der Waals surface area (Å²) in [6, 6.07) is 36.7. The summed E-state index contributed by atoms with van der Waals surface area (Å²) in [6.07, 6.45) is 6.15. The van der Waals surface area contributed by atoms with Crippen LogP contribution in [0.5, 0.6) is 17.5 Å². The number of carbonyl (C=O) groups excluding carboxylic acids is 1. The van der Waals surface area contributed by atoms with Crippen LogP contribution in [0.25, 0.3) is 22.2 Å². The van der Waals surface area contributed by atoms with Gasteiger partial charge < -0.3 is 24.0 Å². The van der Waals surface area contributed by atoms with Gasteiger partial charge in [0, 0.05) is 66.8 Å². The van der Waals surface area contributed by atoms with Gasteiger partial charge in [-0.25, -0.2) is 0 Å². The van der Waals surface area contributed by atoms with Crippen molar-refractivity contribution in [2.45, 2.75) is 64.8 Å². The predicted molar refractivity (Wildman–Crippen MR) is 229 cm³/mol. The quantitative estimate of drug-likeness (QED) is 0.115. The zero-order valence-corrected chi connectivity index (χ0v) is 34.4. The molecule has 1 aliphatic carbocycles. The lowest BCUT2D eigenvalue weighted by atomic mass is 9.84. The molecule has 0 bridgehead atoms. The smallest absolute Gasteiger partial charge is 0.226 e. The number of halogens is 1. The van der Waals surface area contributed by atoms with Gasteiger partial charge in [-0.15, -0.1) is 0 Å². The van der Waals surface area contributed by atoms with Crippen LogP contribution in [0.15, 0.2) is 114 Å². The van der Waals surface area contributed by atoms with Crippen molar-refractivity contribution in [2.75, 3.05) is 31.1 Å². The Hall–Kier alpha value is -5.35. The third-order valence-corrected chi connectivity index (χ3v) is 12.3. The van der Waals surface area contributed by atoms with Crippen LogP contribution in [0.4, 0.5) is 5.69 Å². The molecule has 3 heterocycles. The van der Waals surface area contributed by atoms with Gasteiger partial charge in [0.2, 0.25) is 17.7 Å². The highest BCUT2D eigenvalue weighted by Crippen LogP contribution is 2.37. The second-order valence-electron chi connectivity index (χ2n) is 15.3. The van der Waals surface area contributed by atoms with Crippen LogP contribution >= 0.6 is 15.9 Å². The molecule has 8 rings (SSSR count). The average Bonchev–Trinajstić information content (AvgIpc) is 3.59. The van der Waals surface area contributed by atoms with Crippen molar-refractivity contribution in [3.8, 4) is 28.8 Å². The van der Waals surface area contributed by atoms with Gasteiger partial charge >= 0.3 is 0 Å². The van der Waals surface area contributed by atoms with Gasteiger partial charge in [0.1, 0.15) is 24.7 Å². The fraction of sp³-hybridized carbons (Fsp3) is 0.340. The highest BCUT2D eigenvalue weighted by atomic mass is 79.9. The van der Waals surface area contributed by atoms with E-state index in [0.717, 1.165) is 113 Å². The van der Waals surface area contributed by atoms with Crippen molar-refractivity contribution >= 4 is 38.4 Å². The van der Waals surface area contributed by atoms with Crippen LogP contribution in [0, 0.1) is 12.8 Å². The summed E-state index contributed by atoms with van der Waals surface area (Å²) in [6.45, 7) is 5.93. The average molecular weight is 829 g/mol. The summed E-state index contributed by atoms with van der Waals surface area (Å²) in [5, 5.41) is 6.00. The summed E-state index contributed by atoms with van der Waals surface area (Å²) >= 11 is 3.61. The Morgan fingerprint density at radius 2 is 1.49 bits per heavy atom. The molecule has 10 heteroatoms. The maximum Gasteiger partial charge on any atom is 0.226 e. The third-order valence-electron chi connectivity index (χ3n) is 11.4. The normalized spacial score (nSPS) is 17.1. The van der Waals surface area contributed by atoms with Crippen molar-refractivity contribution in [1.82, 2.24) is 19.7 Å². The number of benzene rings is 4. The van der Waals surface area contributed by atoms with Gasteiger partial charge in [0.15, 0.2) is 0 Å². The number of fused-ring (bicyclic) bond motifs is 1. The number of nitrogens with zero attached hydrogens (tertiary/aromatic N) is 5. The van der Waals surface area contributed by atoms with Crippen LogP contribution in [0.3, 0.4) is 0 Å². The summed E-state index contributed by atoms with van der Waals surface area (Å²) in [5.41, 5.74) is 7.03. The maximum absolute atomic E-state index is 13.3. The Bertz CT molecular complexity index is 2280. The first-order valence-electron chi connectivity index (χ1n) is 20.1. The van der Waals surface area contributed by atoms with Crippen molar-refractivity contribution in [3.05, 3.63) is 130 Å². The first kappa shape index (κ1) is 38.5. The molecule has 294 valence electrons. The molecule has 2 fully saturated rings. The molecule has 2 aromatic heterocycles. The number of amides is 1. The zero-order valence-electron chi connectivity index (χ0n) is 32.8. The Kier molecular flexibility index (Phi) is 12.1. The minimum atomic E-state index is 0.251. The molecule has 0 unspecified atom stereocenters. The molecule has 1 amide bonds. The van der Waals surface area contributed by atoms with Crippen LogP contribution < -0.4 is 19.1 Å². The van der Waals surface area contributed by atoms with E-state index in [-0.39, 0.29) is 12.0 Å². The van der Waals surface area contributed by atoms with Gasteiger partial charge in [-0.05, 0) is 92.5 Å². The topological polar surface area (TPSA) is 82.0 Å². The van der Waals surface area contributed by atoms with Gasteiger partial charge in [0.25, 0.3) is 0 Å². The van der Waals surface area contributed by atoms with E-state index in [1.165, 1.54) is 0 Å². The molecule has 1 saturated carbocycles. The van der Waals surface area contributed by atoms with Crippen molar-refractivity contribution in [1.29, 1.82) is 0 Å². The molecule has 0 atom stereocenters. The number of anilines is 1. The Morgan fingerprint density at radius 1 is 0.789 bits per heavy atom. The first-order valence-corrected chi connectivity index (χ1v) is 20.9. The zero-order chi connectivity index (χ0) is 39.1. The molecule has 6 aromatic rings. The molecule has 0 radical (unpaired) electrons. The first-order chi connectivity index (χ1) is 27.9. The summed E-state index contributed by atoms with van der Waals surface area (Å²) in [5.74, 6) is 2.80. The molecule has 9 nitrogen and oxygen atoms in total. The van der Waals surface area contributed by atoms with E-state index < -0.39 is 0 Å². The van der Waals surface area contributed by atoms with E-state index in [1.54, 1.807) is 0 Å². The minimum absolute atomic E-state index is 0.251. The monoisotopic (exact) mass is 827 g/mol. The highest BCUT2D eigenvalue weighted by molar-refractivity contribution is 9.10. The van der Waals surface area contributed by atoms with E-state index in [9.17, 15) is 4.79 Å². The fourth-order valence-electron chi connectivity index (χ4n) is 8.03. The van der Waals surface area contributed by atoms with Crippen LogP contribution in [-0.2, 0) is 25.1 Å². The van der Waals surface area contributed by atoms with Crippen LogP contribution in [-0.4, -0.2) is 57.9 Å². The number of carbonyl (C=O) groups is 1. The Balaban J connectivity index is 0.880. The van der Waals surface area contributed by atoms with Crippen molar-refractivity contribution in [3.63, 3.8) is 0 Å². The Labute approximate surface area is 343 Å². The lowest BCUT2D eigenvalue weighted by molar-refractivity contribution is -0.131. The lowest BCUT2D eigenvalue weighted by Gasteiger charge is -2.36. The molecule has 2 aliphatic rings. The predicted octanol–water partition coefficient (Wildman–Crippen LogP) is 9.93. The number of hydrogen-bond donors (Lipinski definition) is 0. The molecule has 0 spiro atoms. The highest BCUT2D eigenvalue weighted by Gasteiger charge is 2.27. The van der Waals surface area contributed by atoms with Crippen molar-refractivity contribution in [2.24, 2.45) is 13.0 Å². The van der Waals surface area contributed by atoms with E-state index in [0.29, 0.717) is 37.3 Å². The van der Waals surface area contributed by atoms with Gasteiger partial charge in [-0.2, -0.15) is 10.1 Å². The second-order valence-corrected chi connectivity index (χ2v) is 16.1. The molecule has 4 aromatic carbocycles. The fourth-order valence-corrected chi connectivity index (χ4v) is 8.37. The SMILES string of the molecule is Cc1c(Br)cccc1OC1CCC(CCC(=O)N2CCN(c3ccc4c(-c5ccc(OCc6ccccc6)nc5OCc5ccccc5)nn(C)c4c3)CC2)CC1. The summed E-state index contributed by atoms with van der Waals surface area (Å²) in [4.78, 5) is 22.6. The second kappa shape index (κ2) is 17.8. The van der Waals surface area contributed by atoms with Crippen LogP contribution in [0.2, 0.25) is 0 Å². The van der Waals surface area contributed by atoms with Crippen molar-refractivity contribution < 1.29 is 19.0 Å². The Morgan fingerprint density at radius 3 is 2.21 bits per heavy atom. The largest absolute Gasteiger partial charge is 0.490 e. The van der Waals surface area contributed by atoms with E-state index in [4.69, 9.17) is 24.3 Å². The number of hydrogen-bond acceptors (Lipinski definition) is 7. The standard InChI is InChI=1S/C47H50BrN5O4/c1-33-41(48)14-9-15-43(33)57-38-20-16-34(17-21-38)18-25-45(54)53-28-26-52(27-29-53)37-19-22-39-42(30-37)51(2)50-46(39)40-23-24-44(55-31-35-10-5-3-6-11-35)49-47(40)56-32-36-12-7-4-8-13-36/h3-15,19,22-24,30,34,38H,16-18,20-21,25-29,31-32H2,1-2H3.